The molecule has 3 aromatic rings. The highest BCUT2D eigenvalue weighted by Crippen LogP contribution is 2.32. The summed E-state index contributed by atoms with van der Waals surface area (Å²) in [5, 5.41) is 17.6. The molecule has 4 rings (SSSR count). The third-order valence-corrected chi connectivity index (χ3v) is 6.33. The number of alkyl halides is 3. The Labute approximate surface area is 205 Å². The Morgan fingerprint density at radius 2 is 1.86 bits per heavy atom. The van der Waals surface area contributed by atoms with E-state index in [2.05, 4.69) is 14.6 Å². The zero-order valence-corrected chi connectivity index (χ0v) is 19.6. The van der Waals surface area contributed by atoms with E-state index in [9.17, 15) is 23.1 Å². The van der Waals surface area contributed by atoms with E-state index in [0.717, 1.165) is 6.07 Å². The average Bonchev–Trinajstić information content (AvgIpc) is 3.39. The Morgan fingerprint density at radius 1 is 1.17 bits per heavy atom. The Balaban J connectivity index is 1.54. The molecule has 11 heteroatoms. The van der Waals surface area contributed by atoms with Gasteiger partial charge in [-0.1, -0.05) is 31.2 Å². The molecule has 1 saturated heterocycles. The molecule has 1 aliphatic rings. The molecular formula is C25H26F4N4O3. The number of nitrogens with zero attached hydrogens (tertiary/aromatic N) is 4. The SMILES string of the molecule is CCC(=O)N1CCC(C(O)N(Cc2ccc(-c3nnc(C(F)(F)F)o3)cc2F)c2ccccc2)CC1. The number of aliphatic hydroxyl groups excluding tert-OH is 1. The number of rotatable bonds is 7. The summed E-state index contributed by atoms with van der Waals surface area (Å²) in [5.41, 5.74) is 0.932. The van der Waals surface area contributed by atoms with Crippen LogP contribution in [-0.2, 0) is 17.5 Å². The fourth-order valence-electron chi connectivity index (χ4n) is 4.33. The maximum Gasteiger partial charge on any atom is 0.470 e. The molecule has 0 radical (unpaired) electrons. The van der Waals surface area contributed by atoms with Crippen molar-refractivity contribution in [2.24, 2.45) is 5.92 Å². The summed E-state index contributed by atoms with van der Waals surface area (Å²) in [5.74, 6) is -2.69. The van der Waals surface area contributed by atoms with Crippen molar-refractivity contribution in [1.29, 1.82) is 0 Å². The first-order valence-corrected chi connectivity index (χ1v) is 11.6. The van der Waals surface area contributed by atoms with E-state index >= 15 is 4.39 Å². The lowest BCUT2D eigenvalue weighted by Gasteiger charge is -2.39. The van der Waals surface area contributed by atoms with Crippen molar-refractivity contribution in [2.75, 3.05) is 18.0 Å². The van der Waals surface area contributed by atoms with E-state index < -0.39 is 30.0 Å². The summed E-state index contributed by atoms with van der Waals surface area (Å²) in [6, 6.07) is 12.9. The molecule has 192 valence electrons. The number of anilines is 1. The zero-order valence-electron chi connectivity index (χ0n) is 19.6. The Kier molecular flexibility index (Phi) is 7.58. The first-order valence-electron chi connectivity index (χ1n) is 11.6. The number of hydrogen-bond donors (Lipinski definition) is 1. The van der Waals surface area contributed by atoms with E-state index in [-0.39, 0.29) is 29.5 Å². The van der Waals surface area contributed by atoms with Crippen LogP contribution >= 0.6 is 0 Å². The number of benzene rings is 2. The number of aliphatic hydroxyl groups is 1. The Morgan fingerprint density at radius 3 is 2.44 bits per heavy atom. The molecule has 2 aromatic carbocycles. The van der Waals surface area contributed by atoms with Crippen LogP contribution < -0.4 is 4.90 Å². The molecule has 1 aromatic heterocycles. The quantitative estimate of drug-likeness (QED) is 0.364. The third-order valence-electron chi connectivity index (χ3n) is 6.33. The predicted molar refractivity (Wildman–Crippen MR) is 123 cm³/mol. The highest BCUT2D eigenvalue weighted by molar-refractivity contribution is 5.75. The van der Waals surface area contributed by atoms with Crippen molar-refractivity contribution in [3.05, 3.63) is 65.8 Å². The predicted octanol–water partition coefficient (Wildman–Crippen LogP) is 4.87. The maximum atomic E-state index is 15.1. The number of piperidine rings is 1. The second-order valence-electron chi connectivity index (χ2n) is 8.67. The van der Waals surface area contributed by atoms with E-state index in [1.165, 1.54) is 12.1 Å². The fourth-order valence-corrected chi connectivity index (χ4v) is 4.33. The van der Waals surface area contributed by atoms with Crippen molar-refractivity contribution < 1.29 is 31.9 Å². The standard InChI is InChI=1S/C25H26F4N4O3/c1-2-21(34)32-12-10-16(11-13-32)23(35)33(19-6-4-3-5-7-19)15-18-9-8-17(14-20(18)26)22-30-31-24(36-22)25(27,28)29/h3-9,14,16,23,35H,2,10-13,15H2,1H3. The van der Waals surface area contributed by atoms with Gasteiger partial charge in [0.15, 0.2) is 0 Å². The highest BCUT2D eigenvalue weighted by atomic mass is 19.4. The molecule has 2 heterocycles. The summed E-state index contributed by atoms with van der Waals surface area (Å²) < 4.78 is 58.0. The van der Waals surface area contributed by atoms with E-state index in [1.807, 2.05) is 37.3 Å². The molecule has 36 heavy (non-hydrogen) atoms. The van der Waals surface area contributed by atoms with Crippen molar-refractivity contribution in [1.82, 2.24) is 15.1 Å². The van der Waals surface area contributed by atoms with Gasteiger partial charge in [-0.2, -0.15) is 13.2 Å². The van der Waals surface area contributed by atoms with Gasteiger partial charge in [0.25, 0.3) is 0 Å². The number of carbonyl (C=O) groups is 1. The molecule has 1 aliphatic heterocycles. The largest absolute Gasteiger partial charge is 0.470 e. The molecule has 0 bridgehead atoms. The minimum Gasteiger partial charge on any atom is -0.413 e. The molecule has 1 fully saturated rings. The Bertz CT molecular complexity index is 1180. The molecule has 1 amide bonds. The van der Waals surface area contributed by atoms with Crippen LogP contribution in [0.3, 0.4) is 0 Å². The van der Waals surface area contributed by atoms with Gasteiger partial charge in [-0.25, -0.2) is 4.39 Å². The fraction of sp³-hybridized carbons (Fsp3) is 0.400. The van der Waals surface area contributed by atoms with E-state index in [4.69, 9.17) is 0 Å². The van der Waals surface area contributed by atoms with Gasteiger partial charge in [0.1, 0.15) is 12.0 Å². The van der Waals surface area contributed by atoms with Gasteiger partial charge in [0.2, 0.25) is 11.8 Å². The lowest BCUT2D eigenvalue weighted by Crippen LogP contribution is -2.46. The number of para-hydroxylation sites is 1. The van der Waals surface area contributed by atoms with Crippen molar-refractivity contribution in [3.8, 4) is 11.5 Å². The van der Waals surface area contributed by atoms with Gasteiger partial charge >= 0.3 is 12.1 Å². The van der Waals surface area contributed by atoms with Gasteiger partial charge in [0.05, 0.1) is 0 Å². The first-order chi connectivity index (χ1) is 17.2. The van der Waals surface area contributed by atoms with Crippen LogP contribution in [0, 0.1) is 11.7 Å². The maximum absolute atomic E-state index is 15.1. The number of halogens is 4. The number of aromatic nitrogens is 2. The van der Waals surface area contributed by atoms with Crippen LogP contribution in [0.4, 0.5) is 23.2 Å². The Hall–Kier alpha value is -3.47. The topological polar surface area (TPSA) is 82.7 Å². The number of likely N-dealkylation sites (tertiary alicyclic amines) is 1. The second-order valence-corrected chi connectivity index (χ2v) is 8.67. The van der Waals surface area contributed by atoms with Gasteiger partial charge in [-0.3, -0.25) is 4.79 Å². The van der Waals surface area contributed by atoms with Gasteiger partial charge < -0.3 is 19.3 Å². The van der Waals surface area contributed by atoms with Crippen molar-refractivity contribution in [3.63, 3.8) is 0 Å². The summed E-state index contributed by atoms with van der Waals surface area (Å²) in [7, 11) is 0. The molecule has 1 atom stereocenters. The second kappa shape index (κ2) is 10.7. The summed E-state index contributed by atoms with van der Waals surface area (Å²) in [6.45, 7) is 2.92. The first kappa shape index (κ1) is 25.6. The third kappa shape index (κ3) is 5.67. The summed E-state index contributed by atoms with van der Waals surface area (Å²) in [4.78, 5) is 15.5. The van der Waals surface area contributed by atoms with Crippen LogP contribution in [0.2, 0.25) is 0 Å². The van der Waals surface area contributed by atoms with Crippen molar-refractivity contribution in [2.45, 2.75) is 45.1 Å². The number of amides is 1. The normalized spacial score (nSPS) is 15.7. The summed E-state index contributed by atoms with van der Waals surface area (Å²) in [6.07, 6.45) is -4.08. The van der Waals surface area contributed by atoms with Crippen molar-refractivity contribution >= 4 is 11.6 Å². The lowest BCUT2D eigenvalue weighted by atomic mass is 9.93. The zero-order chi connectivity index (χ0) is 25.9. The van der Waals surface area contributed by atoms with E-state index in [1.54, 1.807) is 9.80 Å². The molecule has 0 saturated carbocycles. The average molecular weight is 507 g/mol. The lowest BCUT2D eigenvalue weighted by molar-refractivity contribution is -0.157. The number of carbonyl (C=O) groups excluding carboxylic acids is 1. The van der Waals surface area contributed by atoms with Gasteiger partial charge in [0, 0.05) is 48.8 Å². The molecular weight excluding hydrogens is 480 g/mol. The minimum atomic E-state index is -4.80. The molecule has 0 aliphatic carbocycles. The van der Waals surface area contributed by atoms with Gasteiger partial charge in [-0.15, -0.1) is 10.2 Å². The van der Waals surface area contributed by atoms with Crippen LogP contribution in [0.15, 0.2) is 52.9 Å². The van der Waals surface area contributed by atoms with Crippen LogP contribution in [0.25, 0.3) is 11.5 Å². The van der Waals surface area contributed by atoms with Crippen LogP contribution in [0.5, 0.6) is 0 Å². The minimum absolute atomic E-state index is 0.0130. The molecule has 1 N–H and O–H groups in total. The van der Waals surface area contributed by atoms with Crippen LogP contribution in [-0.4, -0.2) is 45.4 Å². The van der Waals surface area contributed by atoms with Crippen LogP contribution in [0.1, 0.15) is 37.6 Å². The number of hydrogen-bond acceptors (Lipinski definition) is 6. The summed E-state index contributed by atoms with van der Waals surface area (Å²) >= 11 is 0. The molecule has 0 spiro atoms. The molecule has 1 unspecified atom stereocenters. The molecule has 7 nitrogen and oxygen atoms in total. The van der Waals surface area contributed by atoms with E-state index in [0.29, 0.717) is 38.0 Å². The monoisotopic (exact) mass is 506 g/mol. The highest BCUT2D eigenvalue weighted by Gasteiger charge is 2.38. The van der Waals surface area contributed by atoms with Gasteiger partial charge in [-0.05, 0) is 37.1 Å². The smallest absolute Gasteiger partial charge is 0.413 e.